The Balaban J connectivity index is 2.13. The number of hydrogen-bond donors (Lipinski definition) is 1. The van der Waals surface area contributed by atoms with Gasteiger partial charge < -0.3 is 14.7 Å². The SMILES string of the molecule is COc1ccc(CN(C)c2ccncc2CO)cc1. The van der Waals surface area contributed by atoms with E-state index < -0.39 is 0 Å². The Morgan fingerprint density at radius 3 is 2.58 bits per heavy atom. The predicted octanol–water partition coefficient (Wildman–Crippen LogP) is 2.22. The van der Waals surface area contributed by atoms with Crippen molar-refractivity contribution in [1.82, 2.24) is 4.98 Å². The van der Waals surface area contributed by atoms with Gasteiger partial charge in [-0.05, 0) is 23.8 Å². The maximum absolute atomic E-state index is 9.32. The van der Waals surface area contributed by atoms with Crippen LogP contribution >= 0.6 is 0 Å². The Hall–Kier alpha value is -2.07. The third-order valence-electron chi connectivity index (χ3n) is 3.04. The molecule has 1 heterocycles. The molecule has 2 aromatic rings. The molecule has 0 amide bonds. The Labute approximate surface area is 113 Å². The van der Waals surface area contributed by atoms with E-state index in [1.54, 1.807) is 19.5 Å². The molecule has 1 aromatic heterocycles. The second-order valence-electron chi connectivity index (χ2n) is 4.37. The van der Waals surface area contributed by atoms with Gasteiger partial charge in [0, 0.05) is 37.2 Å². The highest BCUT2D eigenvalue weighted by molar-refractivity contribution is 5.51. The minimum absolute atomic E-state index is 0.00384. The molecule has 2 rings (SSSR count). The van der Waals surface area contributed by atoms with Gasteiger partial charge >= 0.3 is 0 Å². The van der Waals surface area contributed by atoms with Crippen molar-refractivity contribution in [2.24, 2.45) is 0 Å². The van der Waals surface area contributed by atoms with Gasteiger partial charge in [0.15, 0.2) is 0 Å². The summed E-state index contributed by atoms with van der Waals surface area (Å²) >= 11 is 0. The molecule has 4 nitrogen and oxygen atoms in total. The zero-order chi connectivity index (χ0) is 13.7. The zero-order valence-corrected chi connectivity index (χ0v) is 11.2. The highest BCUT2D eigenvalue weighted by Gasteiger charge is 2.07. The van der Waals surface area contributed by atoms with E-state index in [0.717, 1.165) is 23.5 Å². The zero-order valence-electron chi connectivity index (χ0n) is 11.2. The number of aromatic nitrogens is 1. The standard InChI is InChI=1S/C15H18N2O2/c1-17(15-7-8-16-9-13(15)11-18)10-12-3-5-14(19-2)6-4-12/h3-9,18H,10-11H2,1-2H3. The summed E-state index contributed by atoms with van der Waals surface area (Å²) in [5, 5.41) is 9.32. The van der Waals surface area contributed by atoms with E-state index in [1.165, 1.54) is 5.56 Å². The summed E-state index contributed by atoms with van der Waals surface area (Å²) in [6, 6.07) is 9.88. The van der Waals surface area contributed by atoms with Crippen LogP contribution in [0.15, 0.2) is 42.7 Å². The van der Waals surface area contributed by atoms with Gasteiger partial charge in [-0.2, -0.15) is 0 Å². The normalized spacial score (nSPS) is 10.3. The van der Waals surface area contributed by atoms with E-state index >= 15 is 0 Å². The van der Waals surface area contributed by atoms with Crippen LogP contribution in [0.25, 0.3) is 0 Å². The molecule has 1 aromatic carbocycles. The van der Waals surface area contributed by atoms with Crippen LogP contribution in [-0.4, -0.2) is 24.2 Å². The quantitative estimate of drug-likeness (QED) is 0.893. The molecule has 0 aliphatic carbocycles. The van der Waals surface area contributed by atoms with Gasteiger partial charge in [-0.15, -0.1) is 0 Å². The molecule has 0 atom stereocenters. The van der Waals surface area contributed by atoms with Crippen molar-refractivity contribution in [3.8, 4) is 5.75 Å². The monoisotopic (exact) mass is 258 g/mol. The fraction of sp³-hybridized carbons (Fsp3) is 0.267. The van der Waals surface area contributed by atoms with Gasteiger partial charge in [0.2, 0.25) is 0 Å². The molecule has 0 spiro atoms. The molecule has 0 bridgehead atoms. The number of methoxy groups -OCH3 is 1. The Bertz CT molecular complexity index is 526. The number of anilines is 1. The van der Waals surface area contributed by atoms with Crippen molar-refractivity contribution in [1.29, 1.82) is 0 Å². The smallest absolute Gasteiger partial charge is 0.118 e. The van der Waals surface area contributed by atoms with Gasteiger partial charge in [-0.25, -0.2) is 0 Å². The molecule has 0 fully saturated rings. The van der Waals surface area contributed by atoms with Crippen LogP contribution in [0.4, 0.5) is 5.69 Å². The molecule has 0 radical (unpaired) electrons. The number of nitrogens with zero attached hydrogens (tertiary/aromatic N) is 2. The van der Waals surface area contributed by atoms with Crippen LogP contribution < -0.4 is 9.64 Å². The lowest BCUT2D eigenvalue weighted by Gasteiger charge is -2.21. The van der Waals surface area contributed by atoms with Gasteiger partial charge in [0.05, 0.1) is 13.7 Å². The van der Waals surface area contributed by atoms with E-state index in [9.17, 15) is 5.11 Å². The van der Waals surface area contributed by atoms with E-state index in [2.05, 4.69) is 9.88 Å². The fourth-order valence-electron chi connectivity index (χ4n) is 2.00. The van der Waals surface area contributed by atoms with Crippen LogP contribution in [0.3, 0.4) is 0 Å². The highest BCUT2D eigenvalue weighted by atomic mass is 16.5. The fourth-order valence-corrected chi connectivity index (χ4v) is 2.00. The predicted molar refractivity (Wildman–Crippen MR) is 75.3 cm³/mol. The van der Waals surface area contributed by atoms with Gasteiger partial charge in [0.25, 0.3) is 0 Å². The van der Waals surface area contributed by atoms with Gasteiger partial charge in [-0.1, -0.05) is 12.1 Å². The van der Waals surface area contributed by atoms with E-state index in [0.29, 0.717) is 0 Å². The molecule has 0 unspecified atom stereocenters. The summed E-state index contributed by atoms with van der Waals surface area (Å²) < 4.78 is 5.14. The second kappa shape index (κ2) is 6.20. The first-order valence-electron chi connectivity index (χ1n) is 6.12. The number of hydrogen-bond acceptors (Lipinski definition) is 4. The Kier molecular flexibility index (Phi) is 4.36. The molecular weight excluding hydrogens is 240 g/mol. The first-order chi connectivity index (χ1) is 9.24. The topological polar surface area (TPSA) is 45.6 Å². The number of pyridine rings is 1. The molecule has 100 valence electrons. The summed E-state index contributed by atoms with van der Waals surface area (Å²) in [5.41, 5.74) is 3.01. The van der Waals surface area contributed by atoms with Crippen LogP contribution in [0, 0.1) is 0 Å². The number of aliphatic hydroxyl groups excluding tert-OH is 1. The summed E-state index contributed by atoms with van der Waals surface area (Å²) in [7, 11) is 3.66. The first-order valence-corrected chi connectivity index (χ1v) is 6.12. The average molecular weight is 258 g/mol. The summed E-state index contributed by atoms with van der Waals surface area (Å²) in [4.78, 5) is 6.12. The van der Waals surface area contributed by atoms with Crippen molar-refractivity contribution in [3.05, 3.63) is 53.9 Å². The minimum Gasteiger partial charge on any atom is -0.497 e. The second-order valence-corrected chi connectivity index (χ2v) is 4.37. The van der Waals surface area contributed by atoms with Crippen LogP contribution in [0.5, 0.6) is 5.75 Å². The highest BCUT2D eigenvalue weighted by Crippen LogP contribution is 2.20. The third kappa shape index (κ3) is 3.23. The van der Waals surface area contributed by atoms with Crippen molar-refractivity contribution >= 4 is 5.69 Å². The molecule has 0 saturated carbocycles. The van der Waals surface area contributed by atoms with Crippen molar-refractivity contribution < 1.29 is 9.84 Å². The molecule has 0 saturated heterocycles. The van der Waals surface area contributed by atoms with E-state index in [4.69, 9.17) is 4.74 Å². The molecular formula is C15H18N2O2. The third-order valence-corrected chi connectivity index (χ3v) is 3.04. The lowest BCUT2D eigenvalue weighted by atomic mass is 10.1. The van der Waals surface area contributed by atoms with Crippen LogP contribution in [-0.2, 0) is 13.2 Å². The molecule has 19 heavy (non-hydrogen) atoms. The molecule has 4 heteroatoms. The average Bonchev–Trinajstić information content (AvgIpc) is 2.48. The van der Waals surface area contributed by atoms with Gasteiger partial charge in [-0.3, -0.25) is 4.98 Å². The van der Waals surface area contributed by atoms with E-state index in [-0.39, 0.29) is 6.61 Å². The minimum atomic E-state index is -0.00384. The maximum atomic E-state index is 9.32. The lowest BCUT2D eigenvalue weighted by molar-refractivity contribution is 0.281. The van der Waals surface area contributed by atoms with E-state index in [1.807, 2.05) is 37.4 Å². The summed E-state index contributed by atoms with van der Waals surface area (Å²) in [5.74, 6) is 0.853. The van der Waals surface area contributed by atoms with Crippen LogP contribution in [0.2, 0.25) is 0 Å². The number of rotatable bonds is 5. The summed E-state index contributed by atoms with van der Waals surface area (Å²) in [6.45, 7) is 0.761. The Morgan fingerprint density at radius 2 is 1.95 bits per heavy atom. The first kappa shape index (κ1) is 13.4. The largest absolute Gasteiger partial charge is 0.497 e. The van der Waals surface area contributed by atoms with Crippen LogP contribution in [0.1, 0.15) is 11.1 Å². The van der Waals surface area contributed by atoms with Crippen molar-refractivity contribution in [2.75, 3.05) is 19.1 Å². The number of ether oxygens (including phenoxy) is 1. The maximum Gasteiger partial charge on any atom is 0.118 e. The molecule has 1 N–H and O–H groups in total. The lowest BCUT2D eigenvalue weighted by Crippen LogP contribution is -2.18. The Morgan fingerprint density at radius 1 is 1.21 bits per heavy atom. The number of benzene rings is 1. The van der Waals surface area contributed by atoms with Crippen molar-refractivity contribution in [3.63, 3.8) is 0 Å². The van der Waals surface area contributed by atoms with Gasteiger partial charge in [0.1, 0.15) is 5.75 Å². The van der Waals surface area contributed by atoms with Crippen molar-refractivity contribution in [2.45, 2.75) is 13.2 Å². The molecule has 0 aliphatic rings. The summed E-state index contributed by atoms with van der Waals surface area (Å²) in [6.07, 6.45) is 3.43. The molecule has 0 aliphatic heterocycles. The number of aliphatic hydroxyl groups is 1.